The third-order valence-corrected chi connectivity index (χ3v) is 2.73. The summed E-state index contributed by atoms with van der Waals surface area (Å²) >= 11 is 0. The average molecular weight is 168 g/mol. The number of carbonyl (C=O) groups is 1. The molecule has 1 fully saturated rings. The van der Waals surface area contributed by atoms with Gasteiger partial charge in [-0.05, 0) is 12.3 Å². The van der Waals surface area contributed by atoms with Crippen LogP contribution in [0.15, 0.2) is 0 Å². The smallest absolute Gasteiger partial charge is 0.133 e. The summed E-state index contributed by atoms with van der Waals surface area (Å²) in [5.41, 5.74) is 0. The minimum absolute atomic E-state index is 0.490. The standard InChI is InChI=1S/C11H20O/c1-10-7-5-3-2-4-6-8-11(12)9-10/h10H,2-9H2,1H3/t10-/m0/s1. The van der Waals surface area contributed by atoms with Crippen LogP contribution in [0.25, 0.3) is 0 Å². The van der Waals surface area contributed by atoms with Crippen LogP contribution in [0.3, 0.4) is 0 Å². The van der Waals surface area contributed by atoms with Crippen LogP contribution < -0.4 is 0 Å². The van der Waals surface area contributed by atoms with E-state index in [1.807, 2.05) is 0 Å². The van der Waals surface area contributed by atoms with Crippen molar-refractivity contribution >= 4 is 5.78 Å². The van der Waals surface area contributed by atoms with Gasteiger partial charge in [0.1, 0.15) is 5.78 Å². The Bertz CT molecular complexity index is 140. The molecule has 0 saturated heterocycles. The van der Waals surface area contributed by atoms with Crippen molar-refractivity contribution in [2.45, 2.75) is 58.3 Å². The number of rotatable bonds is 0. The van der Waals surface area contributed by atoms with Gasteiger partial charge in [0.2, 0.25) is 0 Å². The zero-order valence-electron chi connectivity index (χ0n) is 8.14. The highest BCUT2D eigenvalue weighted by molar-refractivity contribution is 5.78. The second-order valence-corrected chi connectivity index (χ2v) is 4.15. The fourth-order valence-corrected chi connectivity index (χ4v) is 1.94. The maximum absolute atomic E-state index is 11.3. The molecule has 12 heavy (non-hydrogen) atoms. The molecule has 1 saturated carbocycles. The van der Waals surface area contributed by atoms with Crippen molar-refractivity contribution in [1.29, 1.82) is 0 Å². The third-order valence-electron chi connectivity index (χ3n) is 2.73. The van der Waals surface area contributed by atoms with E-state index in [0.29, 0.717) is 11.7 Å². The van der Waals surface area contributed by atoms with Crippen LogP contribution in [0.1, 0.15) is 58.3 Å². The first kappa shape index (κ1) is 9.76. The summed E-state index contributed by atoms with van der Waals surface area (Å²) in [5, 5.41) is 0. The van der Waals surface area contributed by atoms with Gasteiger partial charge in [-0.15, -0.1) is 0 Å². The van der Waals surface area contributed by atoms with E-state index in [-0.39, 0.29) is 0 Å². The van der Waals surface area contributed by atoms with Crippen LogP contribution in [0, 0.1) is 5.92 Å². The van der Waals surface area contributed by atoms with Crippen LogP contribution in [0.2, 0.25) is 0 Å². The van der Waals surface area contributed by atoms with Crippen LogP contribution in [0.5, 0.6) is 0 Å². The number of ketones is 1. The third kappa shape index (κ3) is 3.89. The summed E-state index contributed by atoms with van der Waals surface area (Å²) in [5.74, 6) is 1.13. The summed E-state index contributed by atoms with van der Waals surface area (Å²) in [6, 6.07) is 0. The van der Waals surface area contributed by atoms with Crippen molar-refractivity contribution in [1.82, 2.24) is 0 Å². The average Bonchev–Trinajstić information content (AvgIpc) is 2.02. The highest BCUT2D eigenvalue weighted by Crippen LogP contribution is 2.18. The molecule has 1 aliphatic rings. The Kier molecular flexibility index (Phi) is 4.34. The van der Waals surface area contributed by atoms with Gasteiger partial charge in [0.15, 0.2) is 0 Å². The molecular weight excluding hydrogens is 148 g/mol. The molecule has 0 bridgehead atoms. The van der Waals surface area contributed by atoms with Crippen molar-refractivity contribution in [3.63, 3.8) is 0 Å². The van der Waals surface area contributed by atoms with Gasteiger partial charge in [0.25, 0.3) is 0 Å². The van der Waals surface area contributed by atoms with Crippen molar-refractivity contribution in [3.8, 4) is 0 Å². The minimum Gasteiger partial charge on any atom is -0.300 e. The van der Waals surface area contributed by atoms with Crippen molar-refractivity contribution in [2.75, 3.05) is 0 Å². The van der Waals surface area contributed by atoms with Crippen molar-refractivity contribution < 1.29 is 4.79 Å². The molecule has 0 radical (unpaired) electrons. The van der Waals surface area contributed by atoms with Gasteiger partial charge in [-0.1, -0.05) is 39.0 Å². The maximum Gasteiger partial charge on any atom is 0.133 e. The predicted octanol–water partition coefficient (Wildman–Crippen LogP) is 3.33. The number of carbonyl (C=O) groups excluding carboxylic acids is 1. The molecule has 1 rings (SSSR count). The Morgan fingerprint density at radius 3 is 2.58 bits per heavy atom. The van der Waals surface area contributed by atoms with E-state index in [1.54, 1.807) is 0 Å². The van der Waals surface area contributed by atoms with Gasteiger partial charge in [-0.2, -0.15) is 0 Å². The highest BCUT2D eigenvalue weighted by atomic mass is 16.1. The van der Waals surface area contributed by atoms with E-state index in [4.69, 9.17) is 0 Å². The van der Waals surface area contributed by atoms with Crippen LogP contribution in [-0.2, 0) is 4.79 Å². The summed E-state index contributed by atoms with van der Waals surface area (Å²) in [7, 11) is 0. The summed E-state index contributed by atoms with van der Waals surface area (Å²) in [6.45, 7) is 2.21. The summed E-state index contributed by atoms with van der Waals surface area (Å²) in [4.78, 5) is 11.3. The molecule has 1 aliphatic carbocycles. The maximum atomic E-state index is 11.3. The number of hydrogen-bond donors (Lipinski definition) is 0. The lowest BCUT2D eigenvalue weighted by molar-refractivity contribution is -0.120. The monoisotopic (exact) mass is 168 g/mol. The zero-order valence-corrected chi connectivity index (χ0v) is 8.14. The molecule has 70 valence electrons. The second kappa shape index (κ2) is 5.34. The molecule has 0 N–H and O–H groups in total. The van der Waals surface area contributed by atoms with E-state index < -0.39 is 0 Å². The lowest BCUT2D eigenvalue weighted by Crippen LogP contribution is -2.06. The molecule has 0 unspecified atom stereocenters. The van der Waals surface area contributed by atoms with E-state index in [9.17, 15) is 4.79 Å². The van der Waals surface area contributed by atoms with E-state index in [0.717, 1.165) is 19.3 Å². The topological polar surface area (TPSA) is 17.1 Å². The largest absolute Gasteiger partial charge is 0.300 e. The van der Waals surface area contributed by atoms with E-state index in [1.165, 1.54) is 32.1 Å². The number of hydrogen-bond acceptors (Lipinski definition) is 1. The first-order valence-electron chi connectivity index (χ1n) is 5.31. The lowest BCUT2D eigenvalue weighted by atomic mass is 9.93. The van der Waals surface area contributed by atoms with Crippen molar-refractivity contribution in [2.24, 2.45) is 5.92 Å². The number of Topliss-reactive ketones (excluding diaryl/α,β-unsaturated/α-hetero) is 1. The fraction of sp³-hybridized carbons (Fsp3) is 0.909. The van der Waals surface area contributed by atoms with Gasteiger partial charge in [0, 0.05) is 12.8 Å². The van der Waals surface area contributed by atoms with E-state index in [2.05, 4.69) is 6.92 Å². The van der Waals surface area contributed by atoms with Crippen LogP contribution in [0.4, 0.5) is 0 Å². The molecule has 0 aliphatic heterocycles. The minimum atomic E-state index is 0.490. The van der Waals surface area contributed by atoms with Gasteiger partial charge >= 0.3 is 0 Å². The Morgan fingerprint density at radius 1 is 1.08 bits per heavy atom. The van der Waals surface area contributed by atoms with Gasteiger partial charge in [-0.25, -0.2) is 0 Å². The summed E-state index contributed by atoms with van der Waals surface area (Å²) in [6.07, 6.45) is 9.36. The molecule has 1 nitrogen and oxygen atoms in total. The molecular formula is C11H20O. The first-order valence-corrected chi connectivity index (χ1v) is 5.31. The molecule has 1 atom stereocenters. The van der Waals surface area contributed by atoms with Crippen molar-refractivity contribution in [3.05, 3.63) is 0 Å². The molecule has 1 heteroatoms. The molecule has 0 spiro atoms. The van der Waals surface area contributed by atoms with E-state index >= 15 is 0 Å². The molecule has 0 aromatic rings. The van der Waals surface area contributed by atoms with Gasteiger partial charge < -0.3 is 0 Å². The predicted molar refractivity (Wildman–Crippen MR) is 51.1 cm³/mol. The second-order valence-electron chi connectivity index (χ2n) is 4.15. The quantitative estimate of drug-likeness (QED) is 0.542. The summed E-state index contributed by atoms with van der Waals surface area (Å²) < 4.78 is 0. The van der Waals surface area contributed by atoms with Gasteiger partial charge in [0.05, 0.1) is 0 Å². The fourth-order valence-electron chi connectivity index (χ4n) is 1.94. The Balaban J connectivity index is 2.29. The van der Waals surface area contributed by atoms with Crippen LogP contribution in [-0.4, -0.2) is 5.78 Å². The molecule has 0 aromatic carbocycles. The SMILES string of the molecule is C[C@H]1CCCCCCCC(=O)C1. The van der Waals surface area contributed by atoms with Gasteiger partial charge in [-0.3, -0.25) is 4.79 Å². The lowest BCUT2D eigenvalue weighted by Gasteiger charge is -2.12. The van der Waals surface area contributed by atoms with Crippen LogP contribution >= 0.6 is 0 Å². The highest BCUT2D eigenvalue weighted by Gasteiger charge is 2.10. The normalized spacial score (nSPS) is 28.4. The Morgan fingerprint density at radius 2 is 1.75 bits per heavy atom. The zero-order chi connectivity index (χ0) is 8.81. The molecule has 0 heterocycles. The first-order chi connectivity index (χ1) is 5.79. The Labute approximate surface area is 75.5 Å². The molecule has 0 aromatic heterocycles. The Hall–Kier alpha value is -0.330. The molecule has 0 amide bonds.